The molecule has 9 heteroatoms. The van der Waals surface area contributed by atoms with Crippen LogP contribution >= 0.6 is 0 Å². The van der Waals surface area contributed by atoms with E-state index in [0.29, 0.717) is 5.56 Å². The Hall–Kier alpha value is -4.37. The lowest BCUT2D eigenvalue weighted by molar-refractivity contribution is -0.125. The molecule has 3 amide bonds. The average molecular weight is 561 g/mol. The summed E-state index contributed by atoms with van der Waals surface area (Å²) in [6.45, 7) is 7.51. The molecule has 218 valence electrons. The number of nitrogens with one attached hydrogen (secondary N) is 2. The van der Waals surface area contributed by atoms with Crippen LogP contribution in [0.4, 0.5) is 4.79 Å². The number of aromatic hydroxyl groups is 1. The molecule has 2 unspecified atom stereocenters. The first-order valence-corrected chi connectivity index (χ1v) is 13.6. The molecule has 0 aromatic heterocycles. The van der Waals surface area contributed by atoms with E-state index >= 15 is 0 Å². The minimum Gasteiger partial charge on any atom is -0.508 e. The molecule has 3 aromatic carbocycles. The van der Waals surface area contributed by atoms with Gasteiger partial charge in [0, 0.05) is 32.1 Å². The molecule has 0 aliphatic rings. The van der Waals surface area contributed by atoms with Gasteiger partial charge in [0.05, 0.1) is 11.5 Å². The molecule has 0 aliphatic heterocycles. The Bertz CT molecular complexity index is 1320. The van der Waals surface area contributed by atoms with Gasteiger partial charge in [0.1, 0.15) is 5.75 Å². The van der Waals surface area contributed by atoms with Crippen LogP contribution in [0.2, 0.25) is 0 Å². The van der Waals surface area contributed by atoms with Gasteiger partial charge in [-0.25, -0.2) is 4.79 Å². The van der Waals surface area contributed by atoms with Crippen molar-refractivity contribution in [3.8, 4) is 5.75 Å². The second kappa shape index (κ2) is 13.8. The summed E-state index contributed by atoms with van der Waals surface area (Å²) < 4.78 is 0. The third-order valence-corrected chi connectivity index (χ3v) is 6.95. The maximum atomic E-state index is 13.5. The number of phenolic OH excluding ortho intramolecular Hbond substituents is 1. The zero-order valence-electron chi connectivity index (χ0n) is 24.1. The van der Waals surface area contributed by atoms with Gasteiger partial charge in [-0.2, -0.15) is 0 Å². The number of hydrogen-bond donors (Lipinski definition) is 5. The fourth-order valence-electron chi connectivity index (χ4n) is 5.00. The number of carboxylic acid groups (broad SMARTS) is 1. The largest absolute Gasteiger partial charge is 0.508 e. The van der Waals surface area contributed by atoms with E-state index in [1.54, 1.807) is 38.1 Å². The number of aryl methyl sites for hydroxylation is 2. The topological polar surface area (TPSA) is 145 Å². The molecule has 0 fully saturated rings. The number of carbonyl (C=O) groups is 3. The average Bonchev–Trinajstić information content (AvgIpc) is 2.89. The van der Waals surface area contributed by atoms with Crippen LogP contribution in [0, 0.1) is 13.8 Å². The summed E-state index contributed by atoms with van der Waals surface area (Å²) in [5.41, 5.74) is 9.50. The smallest absolute Gasteiger partial charge is 0.407 e. The number of benzene rings is 3. The minimum atomic E-state index is -1.12. The van der Waals surface area contributed by atoms with Gasteiger partial charge in [-0.15, -0.1) is 0 Å². The summed E-state index contributed by atoms with van der Waals surface area (Å²) in [6, 6.07) is 21.0. The number of hydrogen-bond acceptors (Lipinski definition) is 5. The van der Waals surface area contributed by atoms with Crippen molar-refractivity contribution in [1.82, 2.24) is 15.5 Å². The lowest BCUT2D eigenvalue weighted by Gasteiger charge is -2.30. The summed E-state index contributed by atoms with van der Waals surface area (Å²) in [7, 11) is 0. The van der Waals surface area contributed by atoms with E-state index in [0.717, 1.165) is 22.3 Å². The highest BCUT2D eigenvalue weighted by Crippen LogP contribution is 2.27. The number of nitrogens with zero attached hydrogens (tertiary/aromatic N) is 1. The molecule has 0 radical (unpaired) electrons. The molecule has 6 N–H and O–H groups in total. The van der Waals surface area contributed by atoms with Gasteiger partial charge in [-0.3, -0.25) is 9.59 Å². The van der Waals surface area contributed by atoms with Crippen molar-refractivity contribution in [2.75, 3.05) is 13.1 Å². The van der Waals surface area contributed by atoms with E-state index in [-0.39, 0.29) is 43.6 Å². The highest BCUT2D eigenvalue weighted by Gasteiger charge is 2.29. The predicted molar refractivity (Wildman–Crippen MR) is 158 cm³/mol. The molecule has 0 bridgehead atoms. The molecule has 0 heterocycles. The second-order valence-electron chi connectivity index (χ2n) is 11.1. The molecule has 2 atom stereocenters. The molecule has 0 saturated carbocycles. The van der Waals surface area contributed by atoms with Crippen molar-refractivity contribution in [2.45, 2.75) is 58.2 Å². The Morgan fingerprint density at radius 2 is 1.51 bits per heavy atom. The Balaban J connectivity index is 1.66. The van der Waals surface area contributed by atoms with Crippen molar-refractivity contribution in [3.63, 3.8) is 0 Å². The number of carbonyl (C=O) groups excluding carboxylic acids is 2. The maximum Gasteiger partial charge on any atom is 0.407 e. The van der Waals surface area contributed by atoms with Crippen molar-refractivity contribution in [1.29, 1.82) is 0 Å². The van der Waals surface area contributed by atoms with Crippen LogP contribution in [0.5, 0.6) is 5.75 Å². The van der Waals surface area contributed by atoms with Gasteiger partial charge >= 0.3 is 6.09 Å². The van der Waals surface area contributed by atoms with E-state index in [4.69, 9.17) is 5.73 Å². The Labute approximate surface area is 241 Å². The van der Waals surface area contributed by atoms with Crippen LogP contribution in [-0.4, -0.2) is 51.6 Å². The van der Waals surface area contributed by atoms with Crippen LogP contribution in [0.15, 0.2) is 72.8 Å². The lowest BCUT2D eigenvalue weighted by Crippen LogP contribution is -2.53. The van der Waals surface area contributed by atoms with Crippen LogP contribution in [0.25, 0.3) is 0 Å². The molecular formula is C32H40N4O5. The summed E-state index contributed by atoms with van der Waals surface area (Å²) in [5.74, 6) is -1.22. The third kappa shape index (κ3) is 9.08. The molecule has 41 heavy (non-hydrogen) atoms. The standard InChI is InChI=1S/C32H40N4O5/c1-21-15-25(37)16-22(2)29(21)27(33)17-28(38)35-32(3,4)20-34-30(39)26(24-13-9-6-10-14-24)19-36(31(40)41)18-23-11-7-5-8-12-23/h5-16,26-27,37H,17-20,33H2,1-4H3,(H,34,39)(H,35,38)(H,40,41). The SMILES string of the molecule is Cc1cc(O)cc(C)c1C(N)CC(=O)NC(C)(C)CNC(=O)C(CN(Cc1ccccc1)C(=O)O)c1ccccc1. The van der Waals surface area contributed by atoms with Crippen LogP contribution < -0.4 is 16.4 Å². The van der Waals surface area contributed by atoms with Gasteiger partial charge in [-0.1, -0.05) is 60.7 Å². The molecule has 3 rings (SSSR count). The summed E-state index contributed by atoms with van der Waals surface area (Å²) >= 11 is 0. The van der Waals surface area contributed by atoms with Crippen molar-refractivity contribution < 1.29 is 24.6 Å². The zero-order valence-corrected chi connectivity index (χ0v) is 24.1. The van der Waals surface area contributed by atoms with Crippen molar-refractivity contribution >= 4 is 17.9 Å². The zero-order chi connectivity index (χ0) is 30.2. The normalized spacial score (nSPS) is 12.7. The number of phenols is 1. The highest BCUT2D eigenvalue weighted by atomic mass is 16.4. The fourth-order valence-corrected chi connectivity index (χ4v) is 5.00. The summed E-state index contributed by atoms with van der Waals surface area (Å²) in [5, 5.41) is 25.6. The highest BCUT2D eigenvalue weighted by molar-refractivity contribution is 5.85. The molecule has 0 aliphatic carbocycles. The van der Waals surface area contributed by atoms with E-state index in [2.05, 4.69) is 10.6 Å². The van der Waals surface area contributed by atoms with Crippen LogP contribution in [0.3, 0.4) is 0 Å². The molecular weight excluding hydrogens is 520 g/mol. The third-order valence-electron chi connectivity index (χ3n) is 6.95. The lowest BCUT2D eigenvalue weighted by atomic mass is 9.93. The second-order valence-corrected chi connectivity index (χ2v) is 11.1. The Morgan fingerprint density at radius 3 is 2.07 bits per heavy atom. The summed E-state index contributed by atoms with van der Waals surface area (Å²) in [6.07, 6.45) is -1.09. The molecule has 0 saturated heterocycles. The number of amides is 3. The Kier molecular flexibility index (Phi) is 10.5. The fraction of sp³-hybridized carbons (Fsp3) is 0.344. The van der Waals surface area contributed by atoms with Crippen LogP contribution in [-0.2, 0) is 16.1 Å². The number of rotatable bonds is 12. The van der Waals surface area contributed by atoms with Gasteiger partial charge in [0.25, 0.3) is 0 Å². The van der Waals surface area contributed by atoms with Crippen molar-refractivity contribution in [3.05, 3.63) is 101 Å². The maximum absolute atomic E-state index is 13.5. The monoisotopic (exact) mass is 560 g/mol. The van der Waals surface area contributed by atoms with Crippen molar-refractivity contribution in [2.24, 2.45) is 5.73 Å². The Morgan fingerprint density at radius 1 is 0.951 bits per heavy atom. The molecule has 3 aromatic rings. The summed E-state index contributed by atoms with van der Waals surface area (Å²) in [4.78, 5) is 39.7. The van der Waals surface area contributed by atoms with E-state index < -0.39 is 23.6 Å². The van der Waals surface area contributed by atoms with Gasteiger partial charge in [-0.05, 0) is 67.6 Å². The van der Waals surface area contributed by atoms with Gasteiger partial charge in [0.15, 0.2) is 0 Å². The van der Waals surface area contributed by atoms with Gasteiger partial charge in [0.2, 0.25) is 11.8 Å². The minimum absolute atomic E-state index is 0.0313. The molecule has 0 spiro atoms. The first-order chi connectivity index (χ1) is 19.4. The van der Waals surface area contributed by atoms with Crippen LogP contribution in [0.1, 0.15) is 60.0 Å². The van der Waals surface area contributed by atoms with E-state index in [9.17, 15) is 24.6 Å². The quantitative estimate of drug-likeness (QED) is 0.222. The molecule has 9 nitrogen and oxygen atoms in total. The van der Waals surface area contributed by atoms with E-state index in [1.165, 1.54) is 4.90 Å². The number of nitrogens with two attached hydrogens (primary N) is 1. The first-order valence-electron chi connectivity index (χ1n) is 13.6. The van der Waals surface area contributed by atoms with Gasteiger partial charge < -0.3 is 31.5 Å². The predicted octanol–water partition coefficient (Wildman–Crippen LogP) is 4.37. The van der Waals surface area contributed by atoms with E-state index in [1.807, 2.05) is 62.4 Å². The first kappa shape index (κ1) is 31.2.